The molecule has 188 valence electrons. The van der Waals surface area contributed by atoms with Crippen molar-refractivity contribution in [3.63, 3.8) is 0 Å². The van der Waals surface area contributed by atoms with E-state index < -0.39 is 44.7 Å². The number of nitro groups is 2. The third-order valence-electron chi connectivity index (χ3n) is 4.05. The smallest absolute Gasteiger partial charge is 0.372 e. The lowest BCUT2D eigenvalue weighted by molar-refractivity contribution is -0.422. The first-order chi connectivity index (χ1) is 17.0. The van der Waals surface area contributed by atoms with Gasteiger partial charge in [0.15, 0.2) is 0 Å². The molecule has 3 N–H and O–H groups in total. The zero-order valence-corrected chi connectivity index (χ0v) is 18.3. The second kappa shape index (κ2) is 14.0. The number of carbonyl (C=O) groups excluding carboxylic acids is 1. The number of ether oxygens (including phenoxy) is 1. The van der Waals surface area contributed by atoms with Crippen LogP contribution in [-0.2, 0) is 4.89 Å². The standard InChI is InChI=1S/C8H8O3.C7H4N2O6.C7H6O3/c1-11-7-5-3-2-4-6(7)8(9)10;10-7(11)4-2-1-3-5(8(12)13)6(4)9(14)15;8-7(10-9)6-4-2-1-3-5-6/h2-5H,1H3,(H,9,10);1-3H,(H,10,11);1-5,9H. The first kappa shape index (κ1) is 28.7. The van der Waals surface area contributed by atoms with Crippen LogP contribution in [0.4, 0.5) is 11.4 Å². The van der Waals surface area contributed by atoms with Crippen molar-refractivity contribution in [3.05, 3.63) is 110 Å². The van der Waals surface area contributed by atoms with Crippen LogP contribution in [0, 0.1) is 20.2 Å². The number of carboxylic acids is 2. The van der Waals surface area contributed by atoms with Gasteiger partial charge in [0.2, 0.25) is 0 Å². The van der Waals surface area contributed by atoms with Crippen molar-refractivity contribution in [2.75, 3.05) is 7.11 Å². The topological polar surface area (TPSA) is 217 Å². The molecule has 0 bridgehead atoms. The second-order valence-corrected chi connectivity index (χ2v) is 6.24. The van der Waals surface area contributed by atoms with Crippen LogP contribution in [0.15, 0.2) is 72.8 Å². The highest BCUT2D eigenvalue weighted by atomic mass is 17.1. The monoisotopic (exact) mass is 502 g/mol. The normalized spacial score (nSPS) is 9.28. The van der Waals surface area contributed by atoms with Gasteiger partial charge in [0.25, 0.3) is 0 Å². The summed E-state index contributed by atoms with van der Waals surface area (Å²) in [5.74, 6) is -2.89. The molecule has 14 heteroatoms. The number of aromatic carboxylic acids is 2. The van der Waals surface area contributed by atoms with E-state index in [4.69, 9.17) is 20.2 Å². The maximum atomic E-state index is 10.6. The number of carboxylic acid groups (broad SMARTS) is 2. The predicted octanol–water partition coefficient (Wildman–Crippen LogP) is 3.91. The zero-order valence-electron chi connectivity index (χ0n) is 18.3. The highest BCUT2D eigenvalue weighted by Gasteiger charge is 2.31. The number of carbonyl (C=O) groups is 3. The number of nitrogens with zero attached hydrogens (tertiary/aromatic N) is 2. The fraction of sp³-hybridized carbons (Fsp3) is 0.0455. The lowest BCUT2D eigenvalue weighted by Crippen LogP contribution is -2.05. The molecule has 3 aromatic rings. The molecule has 0 fully saturated rings. The highest BCUT2D eigenvalue weighted by Crippen LogP contribution is 2.30. The Morgan fingerprint density at radius 1 is 0.750 bits per heavy atom. The number of rotatable bonds is 6. The summed E-state index contributed by atoms with van der Waals surface area (Å²) in [7, 11) is 1.45. The Bertz CT molecular complexity index is 1210. The fourth-order valence-corrected chi connectivity index (χ4v) is 2.49. The van der Waals surface area contributed by atoms with E-state index in [2.05, 4.69) is 4.89 Å². The van der Waals surface area contributed by atoms with E-state index in [0.717, 1.165) is 18.2 Å². The van der Waals surface area contributed by atoms with Crippen molar-refractivity contribution < 1.29 is 49.3 Å². The molecule has 0 aliphatic rings. The maximum Gasteiger partial charge on any atom is 0.372 e. The minimum atomic E-state index is -1.58. The highest BCUT2D eigenvalue weighted by molar-refractivity contribution is 5.94. The lowest BCUT2D eigenvalue weighted by Gasteiger charge is -2.01. The Morgan fingerprint density at radius 2 is 1.28 bits per heavy atom. The minimum Gasteiger partial charge on any atom is -0.496 e. The molecule has 3 aromatic carbocycles. The molecule has 0 atom stereocenters. The molecule has 3 rings (SSSR count). The largest absolute Gasteiger partial charge is 0.496 e. The molecule has 0 saturated heterocycles. The van der Waals surface area contributed by atoms with Crippen LogP contribution < -0.4 is 4.74 Å². The van der Waals surface area contributed by atoms with E-state index in [1.165, 1.54) is 13.2 Å². The van der Waals surface area contributed by atoms with Gasteiger partial charge in [-0.15, -0.1) is 0 Å². The Labute approximate surface area is 201 Å². The minimum absolute atomic E-state index is 0.190. The van der Waals surface area contributed by atoms with Gasteiger partial charge < -0.3 is 14.9 Å². The molecule has 14 nitrogen and oxygen atoms in total. The van der Waals surface area contributed by atoms with Crippen molar-refractivity contribution in [3.8, 4) is 5.75 Å². The van der Waals surface area contributed by atoms with Crippen LogP contribution in [0.3, 0.4) is 0 Å². The SMILES string of the molecule is COc1ccccc1C(=O)O.O=C(O)c1cccc([N+](=O)[O-])c1[N+](=O)[O-].O=C(OO)c1ccccc1. The Hall–Kier alpha value is -5.37. The summed E-state index contributed by atoms with van der Waals surface area (Å²) in [5, 5.41) is 46.0. The first-order valence-electron chi connectivity index (χ1n) is 9.47. The average molecular weight is 502 g/mol. The number of methoxy groups -OCH3 is 1. The number of hydrogen-bond acceptors (Lipinski definition) is 10. The van der Waals surface area contributed by atoms with Crippen LogP contribution >= 0.6 is 0 Å². The third-order valence-corrected chi connectivity index (χ3v) is 4.05. The summed E-state index contributed by atoms with van der Waals surface area (Å²) < 4.78 is 4.83. The van der Waals surface area contributed by atoms with Gasteiger partial charge in [0.1, 0.15) is 16.9 Å². The van der Waals surface area contributed by atoms with Crippen molar-refractivity contribution in [2.45, 2.75) is 0 Å². The van der Waals surface area contributed by atoms with E-state index >= 15 is 0 Å². The van der Waals surface area contributed by atoms with Crippen LogP contribution in [-0.4, -0.2) is 50.3 Å². The van der Waals surface area contributed by atoms with Crippen LogP contribution in [0.5, 0.6) is 5.75 Å². The van der Waals surface area contributed by atoms with Crippen molar-refractivity contribution in [1.82, 2.24) is 0 Å². The number of para-hydroxylation sites is 2. The summed E-state index contributed by atoms with van der Waals surface area (Å²) in [4.78, 5) is 53.9. The zero-order chi connectivity index (χ0) is 27.3. The van der Waals surface area contributed by atoms with E-state index in [9.17, 15) is 34.6 Å². The third kappa shape index (κ3) is 8.20. The quantitative estimate of drug-likeness (QED) is 0.248. The summed E-state index contributed by atoms with van der Waals surface area (Å²) >= 11 is 0. The fourth-order valence-electron chi connectivity index (χ4n) is 2.49. The Balaban J connectivity index is 0.000000277. The average Bonchev–Trinajstić information content (AvgIpc) is 2.88. The molecule has 0 spiro atoms. The number of nitro benzene ring substituents is 2. The van der Waals surface area contributed by atoms with Gasteiger partial charge in [-0.25, -0.2) is 14.4 Å². The molecule has 0 radical (unpaired) electrons. The summed E-state index contributed by atoms with van der Waals surface area (Å²) in [6, 6.07) is 17.7. The van der Waals surface area contributed by atoms with Crippen LogP contribution in [0.2, 0.25) is 0 Å². The molecule has 0 saturated carbocycles. The summed E-state index contributed by atoms with van der Waals surface area (Å²) in [6.07, 6.45) is 0. The number of benzene rings is 3. The second-order valence-electron chi connectivity index (χ2n) is 6.24. The van der Waals surface area contributed by atoms with E-state index in [1.807, 2.05) is 0 Å². The van der Waals surface area contributed by atoms with Gasteiger partial charge in [-0.05, 0) is 30.3 Å². The van der Waals surface area contributed by atoms with Gasteiger partial charge in [0, 0.05) is 6.07 Å². The maximum absolute atomic E-state index is 10.6. The lowest BCUT2D eigenvalue weighted by atomic mass is 10.1. The molecular weight excluding hydrogens is 484 g/mol. The van der Waals surface area contributed by atoms with E-state index in [0.29, 0.717) is 11.3 Å². The first-order valence-corrected chi connectivity index (χ1v) is 9.47. The van der Waals surface area contributed by atoms with Gasteiger partial charge in [0.05, 0.1) is 22.5 Å². The van der Waals surface area contributed by atoms with Gasteiger partial charge in [-0.3, -0.25) is 25.1 Å². The molecule has 0 amide bonds. The Morgan fingerprint density at radius 3 is 1.72 bits per heavy atom. The number of hydrogen-bond donors (Lipinski definition) is 3. The molecule has 0 aromatic heterocycles. The molecule has 0 unspecified atom stereocenters. The predicted molar refractivity (Wildman–Crippen MR) is 121 cm³/mol. The molecule has 0 heterocycles. The van der Waals surface area contributed by atoms with Gasteiger partial charge >= 0.3 is 29.3 Å². The molecule has 0 aliphatic carbocycles. The Kier molecular flexibility index (Phi) is 11.2. The molecular formula is C22H18N2O12. The molecule has 36 heavy (non-hydrogen) atoms. The van der Waals surface area contributed by atoms with E-state index in [-0.39, 0.29) is 5.56 Å². The van der Waals surface area contributed by atoms with Gasteiger partial charge in [-0.2, -0.15) is 5.26 Å². The molecule has 0 aliphatic heterocycles. The van der Waals surface area contributed by atoms with Crippen molar-refractivity contribution in [1.29, 1.82) is 0 Å². The summed E-state index contributed by atoms with van der Waals surface area (Å²) in [6.45, 7) is 0. The summed E-state index contributed by atoms with van der Waals surface area (Å²) in [5.41, 5.74) is -2.01. The van der Waals surface area contributed by atoms with Crippen molar-refractivity contribution in [2.24, 2.45) is 0 Å². The van der Waals surface area contributed by atoms with Gasteiger partial charge in [-0.1, -0.05) is 36.4 Å². The van der Waals surface area contributed by atoms with Crippen molar-refractivity contribution >= 4 is 29.3 Å². The van der Waals surface area contributed by atoms with E-state index in [1.54, 1.807) is 48.5 Å². The van der Waals surface area contributed by atoms with Crippen LogP contribution in [0.1, 0.15) is 31.1 Å². The van der Waals surface area contributed by atoms with Crippen LogP contribution in [0.25, 0.3) is 0 Å².